The van der Waals surface area contributed by atoms with Crippen LogP contribution in [-0.2, 0) is 4.74 Å². The molecule has 0 atom stereocenters. The highest BCUT2D eigenvalue weighted by Crippen LogP contribution is 1.84. The summed E-state index contributed by atoms with van der Waals surface area (Å²) in [7, 11) is 2.16. The molecule has 0 aliphatic heterocycles. The number of nitrogens with two attached hydrogens (primary N) is 1. The van der Waals surface area contributed by atoms with Crippen LogP contribution in [-0.4, -0.2) is 27.0 Å². The van der Waals surface area contributed by atoms with Crippen molar-refractivity contribution in [3.63, 3.8) is 0 Å². The maximum Gasteiger partial charge on any atom is 0.114 e. The Kier molecular flexibility index (Phi) is 7.97. The Morgan fingerprint density at radius 1 is 1.44 bits per heavy atom. The highest BCUT2D eigenvalue weighted by molar-refractivity contribution is 6.35. The van der Waals surface area contributed by atoms with Gasteiger partial charge >= 0.3 is 0 Å². The van der Waals surface area contributed by atoms with Gasteiger partial charge in [-0.1, -0.05) is 12.6 Å². The molecule has 0 aromatic heterocycles. The number of rotatable bonds is 6. The molecule has 0 fully saturated rings. The van der Waals surface area contributed by atoms with Gasteiger partial charge in [-0.25, -0.2) is 0 Å². The zero-order valence-electron chi connectivity index (χ0n) is 6.10. The second kappa shape index (κ2) is 7.98. The summed E-state index contributed by atoms with van der Waals surface area (Å²) in [5, 5.41) is 0. The van der Waals surface area contributed by atoms with E-state index in [4.69, 9.17) is 10.5 Å². The van der Waals surface area contributed by atoms with Gasteiger partial charge in [0.25, 0.3) is 0 Å². The van der Waals surface area contributed by atoms with Gasteiger partial charge in [0.15, 0.2) is 0 Å². The van der Waals surface area contributed by atoms with Gasteiger partial charge in [-0.15, -0.1) is 0 Å². The minimum atomic E-state index is 0.756. The molecule has 1 radical (unpaired) electrons. The Balaban J connectivity index is 2.60. The van der Waals surface area contributed by atoms with Crippen LogP contribution in [0.5, 0.6) is 0 Å². The number of ether oxygens (including phenoxy) is 1. The molecule has 0 aromatic carbocycles. The van der Waals surface area contributed by atoms with Gasteiger partial charge < -0.3 is 10.5 Å². The van der Waals surface area contributed by atoms with E-state index in [0.29, 0.717) is 0 Å². The average Bonchev–Trinajstić information content (AvgIpc) is 1.89. The quantitative estimate of drug-likeness (QED) is 0.418. The van der Waals surface area contributed by atoms with Crippen molar-refractivity contribution in [3.8, 4) is 0 Å². The van der Waals surface area contributed by atoms with Crippen molar-refractivity contribution >= 4 is 7.28 Å². The topological polar surface area (TPSA) is 35.2 Å². The average molecular weight is 128 g/mol. The van der Waals surface area contributed by atoms with E-state index in [2.05, 4.69) is 7.28 Å². The molecule has 2 nitrogen and oxygen atoms in total. The fourth-order valence-electron chi connectivity index (χ4n) is 0.573. The van der Waals surface area contributed by atoms with Crippen molar-refractivity contribution in [2.75, 3.05) is 19.8 Å². The molecule has 0 bridgehead atoms. The van der Waals surface area contributed by atoms with Crippen LogP contribution in [0.2, 0.25) is 12.6 Å². The molecule has 0 aromatic rings. The summed E-state index contributed by atoms with van der Waals surface area (Å²) in [6, 6.07) is 0. The Labute approximate surface area is 58.0 Å². The smallest absolute Gasteiger partial charge is 0.114 e. The molecular formula is C6H15BNO. The fraction of sp³-hybridized carbons (Fsp3) is 1.00. The molecule has 0 amide bonds. The lowest BCUT2D eigenvalue weighted by Gasteiger charge is -1.97. The second-order valence-corrected chi connectivity index (χ2v) is 1.85. The van der Waals surface area contributed by atoms with Gasteiger partial charge in [0.05, 0.1) is 0 Å². The summed E-state index contributed by atoms with van der Waals surface area (Å²) in [4.78, 5) is 0. The van der Waals surface area contributed by atoms with Gasteiger partial charge in [-0.3, -0.25) is 0 Å². The molecule has 0 aliphatic carbocycles. The van der Waals surface area contributed by atoms with Crippen LogP contribution in [0.1, 0.15) is 6.92 Å². The first-order chi connectivity index (χ1) is 4.41. The molecule has 0 aliphatic rings. The Hall–Kier alpha value is -0.0151. The SMILES string of the molecule is CCOCC[B]CCN. The van der Waals surface area contributed by atoms with Crippen molar-refractivity contribution in [2.24, 2.45) is 5.73 Å². The first-order valence-corrected chi connectivity index (χ1v) is 3.51. The van der Waals surface area contributed by atoms with Crippen molar-refractivity contribution in [2.45, 2.75) is 19.6 Å². The lowest BCUT2D eigenvalue weighted by atomic mass is 9.71. The Morgan fingerprint density at radius 3 is 2.78 bits per heavy atom. The monoisotopic (exact) mass is 128 g/mol. The third-order valence-electron chi connectivity index (χ3n) is 1.04. The van der Waals surface area contributed by atoms with E-state index in [1.165, 1.54) is 0 Å². The predicted molar refractivity (Wildman–Crippen MR) is 40.9 cm³/mol. The molecular weight excluding hydrogens is 113 g/mol. The lowest BCUT2D eigenvalue weighted by molar-refractivity contribution is 0.162. The van der Waals surface area contributed by atoms with Gasteiger partial charge in [-0.05, 0) is 13.5 Å². The van der Waals surface area contributed by atoms with Crippen LogP contribution >= 0.6 is 0 Å². The van der Waals surface area contributed by atoms with E-state index < -0.39 is 0 Å². The summed E-state index contributed by atoms with van der Waals surface area (Å²) in [6.45, 7) is 4.42. The van der Waals surface area contributed by atoms with Gasteiger partial charge in [0, 0.05) is 13.2 Å². The predicted octanol–water partition coefficient (Wildman–Crippen LogP) is 0.522. The van der Waals surface area contributed by atoms with Crippen molar-refractivity contribution < 1.29 is 4.74 Å². The van der Waals surface area contributed by atoms with Gasteiger partial charge in [-0.2, -0.15) is 0 Å². The van der Waals surface area contributed by atoms with Crippen LogP contribution in [0.4, 0.5) is 0 Å². The van der Waals surface area contributed by atoms with Gasteiger partial charge in [0.1, 0.15) is 7.28 Å². The van der Waals surface area contributed by atoms with Crippen LogP contribution in [0.3, 0.4) is 0 Å². The molecule has 0 unspecified atom stereocenters. The first kappa shape index (κ1) is 8.98. The van der Waals surface area contributed by atoms with E-state index >= 15 is 0 Å². The summed E-state index contributed by atoms with van der Waals surface area (Å²) >= 11 is 0. The third kappa shape index (κ3) is 7.98. The van der Waals surface area contributed by atoms with Crippen LogP contribution in [0.15, 0.2) is 0 Å². The normalized spacial score (nSPS) is 9.56. The Bertz CT molecular complexity index is 46.3. The third-order valence-corrected chi connectivity index (χ3v) is 1.04. The second-order valence-electron chi connectivity index (χ2n) is 1.85. The summed E-state index contributed by atoms with van der Waals surface area (Å²) in [6.07, 6.45) is 2.04. The van der Waals surface area contributed by atoms with E-state index in [1.54, 1.807) is 0 Å². The minimum absolute atomic E-state index is 0.756. The highest BCUT2D eigenvalue weighted by atomic mass is 16.5. The Morgan fingerprint density at radius 2 is 2.22 bits per heavy atom. The van der Waals surface area contributed by atoms with E-state index in [1.807, 2.05) is 6.92 Å². The molecule has 9 heavy (non-hydrogen) atoms. The zero-order chi connectivity index (χ0) is 6.95. The van der Waals surface area contributed by atoms with Crippen molar-refractivity contribution in [1.29, 1.82) is 0 Å². The zero-order valence-corrected chi connectivity index (χ0v) is 6.10. The maximum atomic E-state index is 5.27. The largest absolute Gasteiger partial charge is 0.382 e. The molecule has 53 valence electrons. The molecule has 0 rings (SSSR count). The first-order valence-electron chi connectivity index (χ1n) is 3.51. The number of hydrogen-bond acceptors (Lipinski definition) is 2. The maximum absolute atomic E-state index is 5.27. The molecule has 0 saturated carbocycles. The van der Waals surface area contributed by atoms with Gasteiger partial charge in [0.2, 0.25) is 0 Å². The van der Waals surface area contributed by atoms with Crippen LogP contribution in [0, 0.1) is 0 Å². The van der Waals surface area contributed by atoms with Crippen molar-refractivity contribution in [3.05, 3.63) is 0 Å². The molecule has 0 spiro atoms. The molecule has 0 heterocycles. The number of hydrogen-bond donors (Lipinski definition) is 1. The standard InChI is InChI=1S/C6H15BNO/c1-2-9-6-4-7-3-5-8/h2-6,8H2,1H3. The minimum Gasteiger partial charge on any atom is -0.382 e. The summed E-state index contributed by atoms with van der Waals surface area (Å²) in [5.74, 6) is 0. The van der Waals surface area contributed by atoms with Crippen LogP contribution < -0.4 is 5.73 Å². The molecule has 3 heteroatoms. The molecule has 2 N–H and O–H groups in total. The molecule has 0 saturated heterocycles. The lowest BCUT2D eigenvalue weighted by Crippen LogP contribution is -2.05. The van der Waals surface area contributed by atoms with Crippen LogP contribution in [0.25, 0.3) is 0 Å². The van der Waals surface area contributed by atoms with E-state index in [0.717, 1.165) is 32.4 Å². The fourth-order valence-corrected chi connectivity index (χ4v) is 0.573. The summed E-state index contributed by atoms with van der Waals surface area (Å²) < 4.78 is 5.11. The summed E-state index contributed by atoms with van der Waals surface area (Å²) in [5.41, 5.74) is 5.27. The van der Waals surface area contributed by atoms with Crippen molar-refractivity contribution in [1.82, 2.24) is 0 Å². The van der Waals surface area contributed by atoms with E-state index in [9.17, 15) is 0 Å². The highest BCUT2D eigenvalue weighted by Gasteiger charge is 1.87. The van der Waals surface area contributed by atoms with E-state index in [-0.39, 0.29) is 0 Å².